The molecule has 1 saturated carbocycles. The van der Waals surface area contributed by atoms with E-state index in [0.29, 0.717) is 25.0 Å². The normalized spacial score (nSPS) is 20.9. The summed E-state index contributed by atoms with van der Waals surface area (Å²) in [6, 6.07) is 5.45. The lowest BCUT2D eigenvalue weighted by atomic mass is 9.75. The van der Waals surface area contributed by atoms with E-state index in [1.807, 2.05) is 6.92 Å². The van der Waals surface area contributed by atoms with E-state index in [0.717, 1.165) is 23.8 Å². The number of aromatic nitrogens is 2. The fourth-order valence-electron chi connectivity index (χ4n) is 5.73. The predicted molar refractivity (Wildman–Crippen MR) is 152 cm³/mol. The standard InChI is InChI=1S/C29H32F3N3O4S.CH4/c1-4-39-15-17-10-22(31)27(23(32)11-17)28-21(30)5-6-25(35-28)26(36)13-19-14-34-8-7-20(19)18-9-16(2)29(24(33)12-18)40(3,37)38;/h5-8,10-11,14,16,18,24,29H,4,9,12-13,15,33H2,1-3H3;1H4/t16-,18+,24+,29-;/m0./s1. The number of ketones is 1. The summed E-state index contributed by atoms with van der Waals surface area (Å²) in [7, 11) is -3.33. The molecule has 0 spiro atoms. The first-order chi connectivity index (χ1) is 18.9. The number of rotatable bonds is 9. The van der Waals surface area contributed by atoms with Crippen LogP contribution in [0, 0.1) is 23.4 Å². The molecule has 0 aliphatic heterocycles. The summed E-state index contributed by atoms with van der Waals surface area (Å²) in [4.78, 5) is 21.4. The molecule has 0 unspecified atom stereocenters. The number of benzene rings is 1. The predicted octanol–water partition coefficient (Wildman–Crippen LogP) is 5.41. The topological polar surface area (TPSA) is 112 Å². The lowest BCUT2D eigenvalue weighted by Gasteiger charge is -2.38. The van der Waals surface area contributed by atoms with E-state index >= 15 is 0 Å². The van der Waals surface area contributed by atoms with Gasteiger partial charge in [-0.1, -0.05) is 14.4 Å². The molecule has 0 amide bonds. The van der Waals surface area contributed by atoms with E-state index in [1.54, 1.807) is 25.4 Å². The van der Waals surface area contributed by atoms with Gasteiger partial charge in [0.2, 0.25) is 0 Å². The number of carbonyl (C=O) groups excluding carboxylic acids is 1. The number of nitrogens with two attached hydrogens (primary N) is 1. The number of nitrogens with zero attached hydrogens (tertiary/aromatic N) is 2. The van der Waals surface area contributed by atoms with Crippen LogP contribution in [0.2, 0.25) is 0 Å². The number of ether oxygens (including phenoxy) is 1. The van der Waals surface area contributed by atoms with E-state index in [2.05, 4.69) is 9.97 Å². The Morgan fingerprint density at radius 2 is 1.78 bits per heavy atom. The number of sulfone groups is 1. The zero-order valence-electron chi connectivity index (χ0n) is 22.5. The van der Waals surface area contributed by atoms with Gasteiger partial charge >= 0.3 is 0 Å². The molecule has 41 heavy (non-hydrogen) atoms. The zero-order chi connectivity index (χ0) is 29.2. The van der Waals surface area contributed by atoms with Gasteiger partial charge in [-0.15, -0.1) is 0 Å². The molecule has 1 aliphatic rings. The maximum atomic E-state index is 14.9. The van der Waals surface area contributed by atoms with Gasteiger partial charge in [0.25, 0.3) is 0 Å². The van der Waals surface area contributed by atoms with Crippen LogP contribution in [0.25, 0.3) is 11.3 Å². The molecular formula is C30H36F3N3O4S. The largest absolute Gasteiger partial charge is 0.377 e. The minimum atomic E-state index is -3.33. The van der Waals surface area contributed by atoms with E-state index in [-0.39, 0.29) is 43.5 Å². The molecule has 2 aromatic heterocycles. The smallest absolute Gasteiger partial charge is 0.185 e. The summed E-state index contributed by atoms with van der Waals surface area (Å²) < 4.78 is 74.1. The van der Waals surface area contributed by atoms with Crippen LogP contribution in [-0.2, 0) is 27.6 Å². The Morgan fingerprint density at radius 1 is 1.10 bits per heavy atom. The first-order valence-electron chi connectivity index (χ1n) is 13.0. The lowest BCUT2D eigenvalue weighted by Crippen LogP contribution is -2.48. The van der Waals surface area contributed by atoms with Crippen LogP contribution in [0.15, 0.2) is 42.7 Å². The number of carbonyl (C=O) groups is 1. The van der Waals surface area contributed by atoms with Crippen molar-refractivity contribution in [2.45, 2.75) is 64.4 Å². The average molecular weight is 592 g/mol. The molecule has 1 fully saturated rings. The molecule has 1 aromatic carbocycles. The molecule has 0 saturated heterocycles. The Morgan fingerprint density at radius 3 is 2.39 bits per heavy atom. The highest BCUT2D eigenvalue weighted by atomic mass is 32.2. The van der Waals surface area contributed by atoms with Crippen LogP contribution in [0.1, 0.15) is 67.2 Å². The van der Waals surface area contributed by atoms with Crippen molar-refractivity contribution in [2.75, 3.05) is 12.9 Å². The highest BCUT2D eigenvalue weighted by Gasteiger charge is 2.40. The number of pyridine rings is 2. The third-order valence-electron chi connectivity index (χ3n) is 7.37. The van der Waals surface area contributed by atoms with Gasteiger partial charge in [0.15, 0.2) is 15.6 Å². The van der Waals surface area contributed by atoms with Crippen LogP contribution in [0.4, 0.5) is 13.2 Å². The molecule has 4 rings (SSSR count). The van der Waals surface area contributed by atoms with Crippen LogP contribution < -0.4 is 5.73 Å². The molecule has 2 heterocycles. The van der Waals surface area contributed by atoms with Crippen molar-refractivity contribution < 1.29 is 31.1 Å². The first-order valence-corrected chi connectivity index (χ1v) is 15.0. The Hall–Kier alpha value is -3.15. The number of halogens is 3. The number of Topliss-reactive ketones (excluding diaryl/α,β-unsaturated/α-hetero) is 1. The van der Waals surface area contributed by atoms with Gasteiger partial charge in [0, 0.05) is 37.7 Å². The summed E-state index contributed by atoms with van der Waals surface area (Å²) in [6.45, 7) is 3.95. The van der Waals surface area contributed by atoms with Crippen molar-refractivity contribution in [3.63, 3.8) is 0 Å². The molecule has 4 atom stereocenters. The van der Waals surface area contributed by atoms with Crippen LogP contribution in [0.3, 0.4) is 0 Å². The minimum Gasteiger partial charge on any atom is -0.377 e. The molecule has 2 N–H and O–H groups in total. The highest BCUT2D eigenvalue weighted by molar-refractivity contribution is 7.91. The SMILES string of the molecule is C.CCOCc1cc(F)c(-c2nc(C(=O)Cc3cnccc3[C@H]3C[C@@H](N)[C@@H](S(C)(=O)=O)[C@@H](C)C3)ccc2F)c(F)c1. The van der Waals surface area contributed by atoms with Crippen LogP contribution in [0.5, 0.6) is 0 Å². The van der Waals surface area contributed by atoms with Gasteiger partial charge in [0.05, 0.1) is 17.4 Å². The third-order valence-corrected chi connectivity index (χ3v) is 9.17. The molecule has 0 bridgehead atoms. The lowest BCUT2D eigenvalue weighted by molar-refractivity contribution is 0.0987. The molecule has 1 aliphatic carbocycles. The zero-order valence-corrected chi connectivity index (χ0v) is 23.3. The van der Waals surface area contributed by atoms with Crippen LogP contribution in [-0.4, -0.2) is 48.3 Å². The Labute approximate surface area is 239 Å². The molecular weight excluding hydrogens is 555 g/mol. The maximum Gasteiger partial charge on any atom is 0.185 e. The van der Waals surface area contributed by atoms with Crippen molar-refractivity contribution in [1.29, 1.82) is 0 Å². The summed E-state index contributed by atoms with van der Waals surface area (Å²) in [5.41, 5.74) is 6.53. The Kier molecular flexibility index (Phi) is 10.4. The monoisotopic (exact) mass is 591 g/mol. The summed E-state index contributed by atoms with van der Waals surface area (Å²) in [5, 5.41) is -0.647. The van der Waals surface area contributed by atoms with E-state index in [9.17, 15) is 26.4 Å². The first kappa shape index (κ1) is 32.4. The molecule has 222 valence electrons. The Balaban J connectivity index is 0.00000462. The average Bonchev–Trinajstić information content (AvgIpc) is 2.87. The van der Waals surface area contributed by atoms with Gasteiger partial charge in [-0.25, -0.2) is 26.6 Å². The molecule has 7 nitrogen and oxygen atoms in total. The van der Waals surface area contributed by atoms with Gasteiger partial charge in [0.1, 0.15) is 28.8 Å². The molecule has 0 radical (unpaired) electrons. The Bertz CT molecular complexity index is 1480. The van der Waals surface area contributed by atoms with E-state index in [4.69, 9.17) is 10.5 Å². The number of hydrogen-bond acceptors (Lipinski definition) is 7. The second kappa shape index (κ2) is 13.2. The van der Waals surface area contributed by atoms with Crippen molar-refractivity contribution in [3.05, 3.63) is 82.6 Å². The third kappa shape index (κ3) is 7.20. The van der Waals surface area contributed by atoms with Crippen molar-refractivity contribution in [2.24, 2.45) is 11.7 Å². The minimum absolute atomic E-state index is 0. The maximum absolute atomic E-state index is 14.9. The van der Waals surface area contributed by atoms with Gasteiger partial charge in [-0.3, -0.25) is 9.78 Å². The number of hydrogen-bond donors (Lipinski definition) is 1. The van der Waals surface area contributed by atoms with Crippen LogP contribution >= 0.6 is 0 Å². The summed E-state index contributed by atoms with van der Waals surface area (Å²) in [6.07, 6.45) is 5.18. The quantitative estimate of drug-likeness (QED) is 0.331. The van der Waals surface area contributed by atoms with Crippen molar-refractivity contribution in [3.8, 4) is 11.3 Å². The van der Waals surface area contributed by atoms with E-state index in [1.165, 1.54) is 12.3 Å². The van der Waals surface area contributed by atoms with Crippen molar-refractivity contribution >= 4 is 15.6 Å². The van der Waals surface area contributed by atoms with Crippen molar-refractivity contribution in [1.82, 2.24) is 9.97 Å². The van der Waals surface area contributed by atoms with Gasteiger partial charge in [-0.05, 0) is 78.6 Å². The molecule has 11 heteroatoms. The second-order valence-electron chi connectivity index (χ2n) is 10.4. The fourth-order valence-corrected chi connectivity index (χ4v) is 7.43. The molecule has 3 aromatic rings. The second-order valence-corrected chi connectivity index (χ2v) is 12.6. The van der Waals surface area contributed by atoms with Gasteiger partial charge in [-0.2, -0.15) is 0 Å². The fraction of sp³-hybridized carbons (Fsp3) is 0.433. The highest BCUT2D eigenvalue weighted by Crippen LogP contribution is 2.39. The van der Waals surface area contributed by atoms with E-state index < -0.39 is 55.6 Å². The summed E-state index contributed by atoms with van der Waals surface area (Å²) >= 11 is 0. The van der Waals surface area contributed by atoms with Gasteiger partial charge < -0.3 is 10.5 Å². The summed E-state index contributed by atoms with van der Waals surface area (Å²) in [5.74, 6) is -3.78.